The second-order valence-electron chi connectivity index (χ2n) is 5.42. The van der Waals surface area contributed by atoms with Gasteiger partial charge in [-0.2, -0.15) is 0 Å². The van der Waals surface area contributed by atoms with Crippen molar-refractivity contribution in [1.82, 2.24) is 0 Å². The average Bonchev–Trinajstić information content (AvgIpc) is 3.34. The van der Waals surface area contributed by atoms with E-state index in [1.54, 1.807) is 13.0 Å². The molecule has 3 rings (SSSR count). The number of esters is 1. The number of hydrogen-bond donors (Lipinski definition) is 1. The van der Waals surface area contributed by atoms with Crippen LogP contribution in [0.4, 0.5) is 0 Å². The minimum Gasteiger partial charge on any atom is -0.463 e. The maximum Gasteiger partial charge on any atom is 0.330 e. The molecular weight excluding hydrogens is 300 g/mol. The highest BCUT2D eigenvalue weighted by Gasteiger charge is 2.50. The van der Waals surface area contributed by atoms with Crippen LogP contribution in [0.15, 0.2) is 42.5 Å². The molecule has 2 heterocycles. The predicted octanol–water partition coefficient (Wildman–Crippen LogP) is 1.35. The van der Waals surface area contributed by atoms with Gasteiger partial charge in [-0.3, -0.25) is 0 Å². The van der Waals surface area contributed by atoms with Crippen LogP contribution in [0.25, 0.3) is 0 Å². The Kier molecular flexibility index (Phi) is 5.07. The van der Waals surface area contributed by atoms with Crippen molar-refractivity contribution < 1.29 is 28.8 Å². The predicted molar refractivity (Wildman–Crippen MR) is 80.4 cm³/mol. The Hall–Kier alpha value is -1.73. The molecule has 1 aromatic carbocycles. The number of aliphatic hydroxyl groups excluding tert-OH is 1. The summed E-state index contributed by atoms with van der Waals surface area (Å²) in [5.74, 6) is -0.405. The Labute approximate surface area is 134 Å². The Morgan fingerprint density at radius 1 is 1.30 bits per heavy atom. The van der Waals surface area contributed by atoms with Crippen LogP contribution in [-0.2, 0) is 23.7 Å². The van der Waals surface area contributed by atoms with Gasteiger partial charge in [0.05, 0.1) is 13.2 Å². The molecule has 2 aliphatic heterocycles. The van der Waals surface area contributed by atoms with Gasteiger partial charge in [0.15, 0.2) is 6.29 Å². The number of ether oxygens (including phenoxy) is 4. The van der Waals surface area contributed by atoms with E-state index in [9.17, 15) is 9.90 Å². The van der Waals surface area contributed by atoms with Crippen molar-refractivity contribution in [3.63, 3.8) is 0 Å². The number of rotatable bonds is 5. The molecule has 124 valence electrons. The molecule has 0 aliphatic carbocycles. The van der Waals surface area contributed by atoms with Crippen LogP contribution in [0.1, 0.15) is 18.8 Å². The van der Waals surface area contributed by atoms with E-state index in [0.717, 1.165) is 5.56 Å². The lowest BCUT2D eigenvalue weighted by Gasteiger charge is -2.33. The van der Waals surface area contributed by atoms with Crippen LogP contribution < -0.4 is 0 Å². The zero-order chi connectivity index (χ0) is 16.2. The lowest BCUT2D eigenvalue weighted by molar-refractivity contribution is -0.260. The fraction of sp³-hybridized carbons (Fsp3) is 0.471. The van der Waals surface area contributed by atoms with Crippen LogP contribution in [0.3, 0.4) is 0 Å². The second kappa shape index (κ2) is 7.23. The summed E-state index contributed by atoms with van der Waals surface area (Å²) in [7, 11) is 0. The van der Waals surface area contributed by atoms with Crippen molar-refractivity contribution in [1.29, 1.82) is 0 Å². The maximum absolute atomic E-state index is 11.3. The summed E-state index contributed by atoms with van der Waals surface area (Å²) in [4.78, 5) is 11.3. The quantitative estimate of drug-likeness (QED) is 0.501. The van der Waals surface area contributed by atoms with Crippen molar-refractivity contribution in [2.45, 2.75) is 37.6 Å². The van der Waals surface area contributed by atoms with Gasteiger partial charge >= 0.3 is 5.97 Å². The summed E-state index contributed by atoms with van der Waals surface area (Å²) < 4.78 is 21.7. The molecule has 0 saturated carbocycles. The molecule has 6 nitrogen and oxygen atoms in total. The summed E-state index contributed by atoms with van der Waals surface area (Å²) in [6.07, 6.45) is 0.648. The molecule has 1 N–H and O–H groups in total. The molecule has 1 aromatic rings. The molecular formula is C17H20O6. The topological polar surface area (TPSA) is 77.5 Å². The van der Waals surface area contributed by atoms with E-state index in [2.05, 4.69) is 0 Å². The van der Waals surface area contributed by atoms with Crippen LogP contribution in [0, 0.1) is 0 Å². The highest BCUT2D eigenvalue weighted by Crippen LogP contribution is 2.36. The first-order chi connectivity index (χ1) is 11.2. The fourth-order valence-corrected chi connectivity index (χ4v) is 2.55. The third-order valence-corrected chi connectivity index (χ3v) is 3.74. The van der Waals surface area contributed by atoms with Crippen LogP contribution in [0.2, 0.25) is 0 Å². The van der Waals surface area contributed by atoms with E-state index in [4.69, 9.17) is 18.9 Å². The van der Waals surface area contributed by atoms with Crippen molar-refractivity contribution >= 4 is 5.97 Å². The zero-order valence-corrected chi connectivity index (χ0v) is 12.8. The molecule has 5 atom stereocenters. The summed E-state index contributed by atoms with van der Waals surface area (Å²) in [5, 5.41) is 10.1. The molecule has 0 unspecified atom stereocenters. The van der Waals surface area contributed by atoms with Crippen molar-refractivity contribution in [2.24, 2.45) is 0 Å². The average molecular weight is 320 g/mol. The number of carbonyl (C=O) groups excluding carboxylic acids is 1. The smallest absolute Gasteiger partial charge is 0.330 e. The van der Waals surface area contributed by atoms with Gasteiger partial charge in [0, 0.05) is 11.6 Å². The molecule has 0 spiro atoms. The molecule has 0 bridgehead atoms. The van der Waals surface area contributed by atoms with Gasteiger partial charge in [0.2, 0.25) is 0 Å². The third kappa shape index (κ3) is 3.97. The fourth-order valence-electron chi connectivity index (χ4n) is 2.55. The van der Waals surface area contributed by atoms with E-state index < -0.39 is 24.5 Å². The zero-order valence-electron chi connectivity index (χ0n) is 12.8. The van der Waals surface area contributed by atoms with Crippen LogP contribution >= 0.6 is 0 Å². The first-order valence-corrected chi connectivity index (χ1v) is 7.69. The highest BCUT2D eigenvalue weighted by molar-refractivity contribution is 5.82. The molecule has 23 heavy (non-hydrogen) atoms. The van der Waals surface area contributed by atoms with Crippen LogP contribution in [-0.4, -0.2) is 48.7 Å². The largest absolute Gasteiger partial charge is 0.463 e. The lowest BCUT2D eigenvalue weighted by Crippen LogP contribution is -2.44. The third-order valence-electron chi connectivity index (χ3n) is 3.74. The van der Waals surface area contributed by atoms with Gasteiger partial charge in [-0.1, -0.05) is 30.3 Å². The number of benzene rings is 1. The van der Waals surface area contributed by atoms with Gasteiger partial charge < -0.3 is 24.1 Å². The van der Waals surface area contributed by atoms with Crippen molar-refractivity contribution in [2.75, 3.05) is 13.2 Å². The standard InChI is InChI=1S/C17H20O6/c1-2-20-14(19)9-8-13-16(22-13)15-12(18)10-21-17(23-15)11-6-4-3-5-7-11/h3-9,12-13,15-18H,2,10H2,1H3/b9-8-/t12-,13+,15+,16+,17+/m0/s1. The van der Waals surface area contributed by atoms with E-state index >= 15 is 0 Å². The van der Waals surface area contributed by atoms with Gasteiger partial charge in [0.1, 0.15) is 24.4 Å². The van der Waals surface area contributed by atoms with E-state index in [-0.39, 0.29) is 18.8 Å². The molecule has 2 saturated heterocycles. The first kappa shape index (κ1) is 16.1. The van der Waals surface area contributed by atoms with Gasteiger partial charge in [0.25, 0.3) is 0 Å². The SMILES string of the molecule is CCOC(=O)/C=C\[C@H]1O[C@H]1[C@@H]1O[C@H](c2ccccc2)OC[C@@H]1O. The van der Waals surface area contributed by atoms with Crippen LogP contribution in [0.5, 0.6) is 0 Å². The molecule has 2 fully saturated rings. The molecule has 0 aromatic heterocycles. The summed E-state index contributed by atoms with van der Waals surface area (Å²) >= 11 is 0. The number of hydrogen-bond acceptors (Lipinski definition) is 6. The van der Waals surface area contributed by atoms with E-state index in [1.165, 1.54) is 6.08 Å². The van der Waals surface area contributed by atoms with Gasteiger partial charge in [-0.25, -0.2) is 4.79 Å². The number of epoxide rings is 1. The lowest BCUT2D eigenvalue weighted by atomic mass is 10.1. The highest BCUT2D eigenvalue weighted by atomic mass is 16.7. The summed E-state index contributed by atoms with van der Waals surface area (Å²) in [6, 6.07) is 9.54. The minimum atomic E-state index is -0.763. The molecule has 2 aliphatic rings. The Bertz CT molecular complexity index is 557. The monoisotopic (exact) mass is 320 g/mol. The van der Waals surface area contributed by atoms with E-state index in [0.29, 0.717) is 6.61 Å². The van der Waals surface area contributed by atoms with Gasteiger partial charge in [-0.05, 0) is 13.0 Å². The summed E-state index contributed by atoms with van der Waals surface area (Å²) in [5.41, 5.74) is 0.892. The normalized spacial score (nSPS) is 33.6. The van der Waals surface area contributed by atoms with E-state index in [1.807, 2.05) is 30.3 Å². The Morgan fingerprint density at radius 3 is 2.83 bits per heavy atom. The maximum atomic E-state index is 11.3. The molecule has 0 amide bonds. The van der Waals surface area contributed by atoms with Crippen molar-refractivity contribution in [3.05, 3.63) is 48.0 Å². The Morgan fingerprint density at radius 2 is 2.09 bits per heavy atom. The first-order valence-electron chi connectivity index (χ1n) is 7.69. The van der Waals surface area contributed by atoms with Gasteiger partial charge in [-0.15, -0.1) is 0 Å². The molecule has 6 heteroatoms. The van der Waals surface area contributed by atoms with Crippen molar-refractivity contribution in [3.8, 4) is 0 Å². The number of carbonyl (C=O) groups is 1. The Balaban J connectivity index is 1.58. The molecule has 0 radical (unpaired) electrons. The number of aliphatic hydroxyl groups is 1. The second-order valence-corrected chi connectivity index (χ2v) is 5.42. The minimum absolute atomic E-state index is 0.179. The summed E-state index contributed by atoms with van der Waals surface area (Å²) in [6.45, 7) is 2.26.